The Hall–Kier alpha value is -1.74. The molecule has 1 aliphatic heterocycles. The van der Waals surface area contributed by atoms with Gasteiger partial charge in [-0.25, -0.2) is 0 Å². The summed E-state index contributed by atoms with van der Waals surface area (Å²) in [5, 5.41) is 3.93. The molecule has 0 aliphatic carbocycles. The van der Waals surface area contributed by atoms with E-state index in [1.54, 1.807) is 7.11 Å². The zero-order chi connectivity index (χ0) is 12.1. The van der Waals surface area contributed by atoms with Gasteiger partial charge in [-0.15, -0.1) is 4.57 Å². The van der Waals surface area contributed by atoms with Crippen LogP contribution in [0.1, 0.15) is 0 Å². The highest BCUT2D eigenvalue weighted by atomic mass is 32.2. The molecule has 0 unspecified atom stereocenters. The van der Waals surface area contributed by atoms with Crippen LogP contribution < -0.4 is 9.30 Å². The topological polar surface area (TPSA) is 13.1 Å². The SMILES string of the molecule is COc1ccc2ccc3cccc4c3c2[n+]1CS4. The molecule has 0 atom stereocenters. The molecule has 0 fully saturated rings. The summed E-state index contributed by atoms with van der Waals surface area (Å²) in [6, 6.07) is 15.1. The Balaban J connectivity index is 2.31. The lowest BCUT2D eigenvalue weighted by molar-refractivity contribution is -0.654. The molecule has 1 aromatic heterocycles. The minimum Gasteiger partial charge on any atom is -0.448 e. The first-order valence-corrected chi connectivity index (χ1v) is 6.92. The van der Waals surface area contributed by atoms with Crippen molar-refractivity contribution in [2.75, 3.05) is 7.11 Å². The summed E-state index contributed by atoms with van der Waals surface area (Å²) in [7, 11) is 1.73. The van der Waals surface area contributed by atoms with E-state index in [2.05, 4.69) is 41.0 Å². The molecule has 0 N–H and O–H groups in total. The maximum atomic E-state index is 5.47. The average Bonchev–Trinajstić information content (AvgIpc) is 2.44. The van der Waals surface area contributed by atoms with Gasteiger partial charge >= 0.3 is 5.88 Å². The number of pyridine rings is 1. The van der Waals surface area contributed by atoms with Gasteiger partial charge < -0.3 is 4.74 Å². The van der Waals surface area contributed by atoms with Gasteiger partial charge in [0.25, 0.3) is 0 Å². The van der Waals surface area contributed by atoms with E-state index in [1.165, 1.54) is 26.6 Å². The summed E-state index contributed by atoms with van der Waals surface area (Å²) in [6.07, 6.45) is 0. The summed E-state index contributed by atoms with van der Waals surface area (Å²) in [4.78, 5) is 1.37. The lowest BCUT2D eigenvalue weighted by atomic mass is 10.1. The Morgan fingerprint density at radius 2 is 1.89 bits per heavy atom. The normalized spacial score (nSPS) is 13.4. The molecule has 3 aromatic rings. The first-order valence-electron chi connectivity index (χ1n) is 5.93. The fourth-order valence-electron chi connectivity index (χ4n) is 2.69. The Kier molecular flexibility index (Phi) is 2.06. The smallest absolute Gasteiger partial charge is 0.368 e. The Bertz CT molecular complexity index is 782. The van der Waals surface area contributed by atoms with Crippen LogP contribution in [0.25, 0.3) is 21.7 Å². The molecule has 0 saturated heterocycles. The van der Waals surface area contributed by atoms with Gasteiger partial charge in [0.05, 0.1) is 18.6 Å². The van der Waals surface area contributed by atoms with Gasteiger partial charge in [-0.05, 0) is 23.6 Å². The average molecular weight is 254 g/mol. The highest BCUT2D eigenvalue weighted by molar-refractivity contribution is 7.98. The highest BCUT2D eigenvalue weighted by Crippen LogP contribution is 2.36. The number of benzene rings is 2. The van der Waals surface area contributed by atoms with E-state index >= 15 is 0 Å². The Morgan fingerprint density at radius 3 is 2.78 bits per heavy atom. The lowest BCUT2D eigenvalue weighted by Crippen LogP contribution is -2.36. The van der Waals surface area contributed by atoms with Crippen molar-refractivity contribution >= 4 is 33.4 Å². The third-order valence-electron chi connectivity index (χ3n) is 3.51. The van der Waals surface area contributed by atoms with Crippen LogP contribution in [-0.4, -0.2) is 7.11 Å². The molecule has 0 saturated carbocycles. The summed E-state index contributed by atoms with van der Waals surface area (Å²) in [5.41, 5.74) is 1.29. The second-order valence-corrected chi connectivity index (χ2v) is 5.42. The van der Waals surface area contributed by atoms with Crippen LogP contribution in [0.15, 0.2) is 47.4 Å². The third kappa shape index (κ3) is 1.22. The number of thioether (sulfide) groups is 1. The monoisotopic (exact) mass is 254 g/mol. The third-order valence-corrected chi connectivity index (χ3v) is 4.55. The van der Waals surface area contributed by atoms with Crippen molar-refractivity contribution in [2.45, 2.75) is 10.8 Å². The van der Waals surface area contributed by atoms with Gasteiger partial charge in [0.1, 0.15) is 0 Å². The summed E-state index contributed by atoms with van der Waals surface area (Å²) in [5.74, 6) is 1.84. The molecule has 2 heterocycles. The van der Waals surface area contributed by atoms with Gasteiger partial charge in [0.2, 0.25) is 11.4 Å². The summed E-state index contributed by atoms with van der Waals surface area (Å²) < 4.78 is 7.73. The fourth-order valence-corrected chi connectivity index (χ4v) is 3.75. The second-order valence-electron chi connectivity index (χ2n) is 4.43. The number of nitrogens with zero attached hydrogens (tertiary/aromatic N) is 1. The van der Waals surface area contributed by atoms with Gasteiger partial charge in [0, 0.05) is 10.3 Å². The van der Waals surface area contributed by atoms with Gasteiger partial charge in [0.15, 0.2) is 0 Å². The lowest BCUT2D eigenvalue weighted by Gasteiger charge is -2.14. The predicted molar refractivity (Wildman–Crippen MR) is 74.1 cm³/mol. The van der Waals surface area contributed by atoms with E-state index in [4.69, 9.17) is 4.74 Å². The van der Waals surface area contributed by atoms with Crippen molar-refractivity contribution < 1.29 is 9.30 Å². The van der Waals surface area contributed by atoms with Crippen LogP contribution in [0, 0.1) is 0 Å². The molecule has 3 heteroatoms. The molecule has 0 bridgehead atoms. The maximum Gasteiger partial charge on any atom is 0.368 e. The zero-order valence-corrected chi connectivity index (χ0v) is 10.8. The van der Waals surface area contributed by atoms with Gasteiger partial charge in [-0.1, -0.05) is 30.0 Å². The minimum atomic E-state index is 0.913. The molecule has 1 aliphatic rings. The van der Waals surface area contributed by atoms with Crippen molar-refractivity contribution in [1.29, 1.82) is 0 Å². The van der Waals surface area contributed by atoms with Crippen LogP contribution >= 0.6 is 11.8 Å². The first kappa shape index (κ1) is 10.2. The van der Waals surface area contributed by atoms with E-state index < -0.39 is 0 Å². The molecule has 2 nitrogen and oxygen atoms in total. The maximum absolute atomic E-state index is 5.47. The van der Waals surface area contributed by atoms with Gasteiger partial charge in [-0.3, -0.25) is 0 Å². The van der Waals surface area contributed by atoms with Crippen LogP contribution in [0.2, 0.25) is 0 Å². The van der Waals surface area contributed by atoms with Crippen LogP contribution in [0.5, 0.6) is 5.88 Å². The molecule has 0 amide bonds. The second kappa shape index (κ2) is 3.62. The Labute approximate surface area is 109 Å². The van der Waals surface area contributed by atoms with Crippen molar-refractivity contribution in [3.8, 4) is 5.88 Å². The fraction of sp³-hybridized carbons (Fsp3) is 0.133. The molecule has 0 radical (unpaired) electrons. The molecule has 18 heavy (non-hydrogen) atoms. The Morgan fingerprint density at radius 1 is 1.06 bits per heavy atom. The highest BCUT2D eigenvalue weighted by Gasteiger charge is 2.25. The number of ether oxygens (including phenoxy) is 1. The van der Waals surface area contributed by atoms with E-state index in [-0.39, 0.29) is 0 Å². The van der Waals surface area contributed by atoms with E-state index in [1.807, 2.05) is 17.8 Å². The van der Waals surface area contributed by atoms with Crippen molar-refractivity contribution in [2.24, 2.45) is 0 Å². The van der Waals surface area contributed by atoms with Crippen molar-refractivity contribution in [1.82, 2.24) is 0 Å². The zero-order valence-electron chi connectivity index (χ0n) is 10.0. The number of hydrogen-bond donors (Lipinski definition) is 0. The van der Waals surface area contributed by atoms with Gasteiger partial charge in [-0.2, -0.15) is 0 Å². The summed E-state index contributed by atoms with van der Waals surface area (Å²) in [6.45, 7) is 0. The molecule has 0 spiro atoms. The molecule has 4 rings (SSSR count). The number of methoxy groups -OCH3 is 1. The van der Waals surface area contributed by atoms with E-state index in [0.29, 0.717) is 0 Å². The van der Waals surface area contributed by atoms with E-state index in [0.717, 1.165) is 11.8 Å². The van der Waals surface area contributed by atoms with Crippen LogP contribution in [-0.2, 0) is 5.88 Å². The van der Waals surface area contributed by atoms with Crippen LogP contribution in [0.3, 0.4) is 0 Å². The van der Waals surface area contributed by atoms with E-state index in [9.17, 15) is 0 Å². The van der Waals surface area contributed by atoms with Crippen LogP contribution in [0.4, 0.5) is 0 Å². The minimum absolute atomic E-state index is 0.913. The number of aromatic nitrogens is 1. The largest absolute Gasteiger partial charge is 0.448 e. The standard InChI is InChI=1S/C15H12NOS/c1-17-13-8-7-11-6-5-10-3-2-4-12-14(10)15(11)16(13)9-18-12/h2-8H,9H2,1H3/q+1. The number of rotatable bonds is 1. The van der Waals surface area contributed by atoms with Crippen molar-refractivity contribution in [3.05, 3.63) is 42.5 Å². The molecular formula is C15H12NOS+. The molecular weight excluding hydrogens is 242 g/mol. The quantitative estimate of drug-likeness (QED) is 0.488. The molecule has 2 aromatic carbocycles. The number of hydrogen-bond acceptors (Lipinski definition) is 2. The van der Waals surface area contributed by atoms with Crippen molar-refractivity contribution in [3.63, 3.8) is 0 Å². The molecule has 88 valence electrons. The first-order chi connectivity index (χ1) is 8.88. The summed E-state index contributed by atoms with van der Waals surface area (Å²) >= 11 is 1.87. The predicted octanol–water partition coefficient (Wildman–Crippen LogP) is 3.35.